The molecule has 0 bridgehead atoms. The highest BCUT2D eigenvalue weighted by molar-refractivity contribution is 6.60. The van der Waals surface area contributed by atoms with Gasteiger partial charge in [0.2, 0.25) is 11.7 Å². The molecule has 178 valence electrons. The lowest BCUT2D eigenvalue weighted by molar-refractivity contribution is -0.116. The number of aromatic nitrogens is 1. The van der Waals surface area contributed by atoms with Crippen LogP contribution in [0.3, 0.4) is 0 Å². The number of benzene rings is 3. The maximum Gasteiger partial charge on any atom is 0.223 e. The van der Waals surface area contributed by atoms with Crippen molar-refractivity contribution in [3.8, 4) is 22.6 Å². The van der Waals surface area contributed by atoms with Crippen molar-refractivity contribution in [2.75, 3.05) is 11.4 Å². The van der Waals surface area contributed by atoms with Gasteiger partial charge in [0.25, 0.3) is 0 Å². The summed E-state index contributed by atoms with van der Waals surface area (Å²) in [6, 6.07) is 22.3. The highest BCUT2D eigenvalue weighted by Crippen LogP contribution is 2.37. The summed E-state index contributed by atoms with van der Waals surface area (Å²) >= 11 is 25.5. The number of anilines is 1. The van der Waals surface area contributed by atoms with Crippen molar-refractivity contribution in [1.82, 2.24) is 5.16 Å². The van der Waals surface area contributed by atoms with Gasteiger partial charge in [-0.3, -0.25) is 9.59 Å². The molecule has 1 heterocycles. The lowest BCUT2D eigenvalue weighted by Gasteiger charge is -2.28. The predicted octanol–water partition coefficient (Wildman–Crippen LogP) is 7.73. The number of nitrogens with zero attached hydrogens (tertiary/aromatic N) is 2. The summed E-state index contributed by atoms with van der Waals surface area (Å²) in [4.78, 5) is 26.8. The van der Waals surface area contributed by atoms with Gasteiger partial charge in [-0.05, 0) is 24.3 Å². The first kappa shape index (κ1) is 25.3. The SMILES string of the molecule is CC(=O)N(CC(Cl)(Cl)C(=O)c1ccccc1)c1cccc(-c2cc(-c3c(Cl)cccc3Cl)no2)c1. The molecule has 0 saturated carbocycles. The Morgan fingerprint density at radius 2 is 1.57 bits per heavy atom. The van der Waals surface area contributed by atoms with Crippen molar-refractivity contribution in [3.63, 3.8) is 0 Å². The zero-order valence-corrected chi connectivity index (χ0v) is 21.4. The van der Waals surface area contributed by atoms with Crippen LogP contribution in [0.15, 0.2) is 83.4 Å². The van der Waals surface area contributed by atoms with Crippen LogP contribution in [0.2, 0.25) is 10.0 Å². The third-order valence-electron chi connectivity index (χ3n) is 5.28. The zero-order valence-electron chi connectivity index (χ0n) is 18.3. The number of rotatable bonds is 7. The van der Waals surface area contributed by atoms with E-state index in [1.165, 1.54) is 11.8 Å². The Kier molecular flexibility index (Phi) is 7.53. The molecule has 3 aromatic carbocycles. The van der Waals surface area contributed by atoms with Crippen LogP contribution in [-0.2, 0) is 4.79 Å². The fourth-order valence-corrected chi connectivity index (χ4v) is 4.60. The van der Waals surface area contributed by atoms with E-state index < -0.39 is 10.1 Å². The molecule has 35 heavy (non-hydrogen) atoms. The Morgan fingerprint density at radius 3 is 2.23 bits per heavy atom. The second kappa shape index (κ2) is 10.4. The maximum atomic E-state index is 12.9. The molecule has 0 fully saturated rings. The minimum Gasteiger partial charge on any atom is -0.356 e. The average molecular weight is 548 g/mol. The molecular formula is C26H18Cl4N2O3. The number of alkyl halides is 2. The fraction of sp³-hybridized carbons (Fsp3) is 0.115. The molecule has 0 radical (unpaired) electrons. The molecule has 4 aromatic rings. The zero-order chi connectivity index (χ0) is 25.2. The molecule has 1 aromatic heterocycles. The van der Waals surface area contributed by atoms with Gasteiger partial charge in [0, 0.05) is 35.4 Å². The Balaban J connectivity index is 1.63. The van der Waals surface area contributed by atoms with Gasteiger partial charge < -0.3 is 9.42 Å². The number of hydrogen-bond acceptors (Lipinski definition) is 4. The molecule has 0 saturated heterocycles. The average Bonchev–Trinajstić information content (AvgIpc) is 3.32. The quantitative estimate of drug-likeness (QED) is 0.175. The van der Waals surface area contributed by atoms with Crippen LogP contribution in [-0.4, -0.2) is 27.7 Å². The smallest absolute Gasteiger partial charge is 0.223 e. The largest absolute Gasteiger partial charge is 0.356 e. The van der Waals surface area contributed by atoms with Gasteiger partial charge in [-0.15, -0.1) is 0 Å². The minimum atomic E-state index is -1.86. The molecule has 0 spiro atoms. The van der Waals surface area contributed by atoms with Crippen molar-refractivity contribution in [1.29, 1.82) is 0 Å². The molecule has 5 nitrogen and oxygen atoms in total. The summed E-state index contributed by atoms with van der Waals surface area (Å²) in [5.41, 5.74) is 2.50. The number of carbonyl (C=O) groups excluding carboxylic acids is 2. The van der Waals surface area contributed by atoms with Crippen LogP contribution in [0.25, 0.3) is 22.6 Å². The predicted molar refractivity (Wildman–Crippen MR) is 141 cm³/mol. The summed E-state index contributed by atoms with van der Waals surface area (Å²) in [7, 11) is 0. The van der Waals surface area contributed by atoms with Crippen LogP contribution in [0.1, 0.15) is 17.3 Å². The molecule has 9 heteroatoms. The highest BCUT2D eigenvalue weighted by Gasteiger charge is 2.37. The number of ketones is 1. The van der Waals surface area contributed by atoms with E-state index in [9.17, 15) is 9.59 Å². The molecule has 0 aliphatic rings. The van der Waals surface area contributed by atoms with E-state index in [1.807, 2.05) is 0 Å². The highest BCUT2D eigenvalue weighted by atomic mass is 35.5. The van der Waals surface area contributed by atoms with Crippen LogP contribution >= 0.6 is 46.4 Å². The van der Waals surface area contributed by atoms with Crippen molar-refractivity contribution in [2.45, 2.75) is 11.3 Å². The Bertz CT molecular complexity index is 1370. The van der Waals surface area contributed by atoms with Crippen molar-refractivity contribution < 1.29 is 14.1 Å². The van der Waals surface area contributed by atoms with Crippen LogP contribution in [0.4, 0.5) is 5.69 Å². The van der Waals surface area contributed by atoms with Gasteiger partial charge in [0.1, 0.15) is 5.69 Å². The van der Waals surface area contributed by atoms with Crippen LogP contribution in [0.5, 0.6) is 0 Å². The van der Waals surface area contributed by atoms with Gasteiger partial charge in [-0.2, -0.15) is 0 Å². The maximum absolute atomic E-state index is 12.9. The summed E-state index contributed by atoms with van der Waals surface area (Å²) in [6.07, 6.45) is 0. The normalized spacial score (nSPS) is 11.3. The summed E-state index contributed by atoms with van der Waals surface area (Å²) in [5.74, 6) is -0.403. The second-order valence-corrected chi connectivity index (χ2v) is 10.0. The first-order chi connectivity index (χ1) is 16.7. The van der Waals surface area contributed by atoms with E-state index in [0.717, 1.165) is 0 Å². The van der Waals surface area contributed by atoms with E-state index in [4.69, 9.17) is 50.9 Å². The van der Waals surface area contributed by atoms with Gasteiger partial charge in [0.15, 0.2) is 10.1 Å². The molecular weight excluding hydrogens is 530 g/mol. The standard InChI is InChI=1S/C26H18Cl4N2O3/c1-16(33)32(15-26(29,30)25(34)17-7-3-2-4-8-17)19-10-5-9-18(13-19)23-14-22(31-35-23)24-20(27)11-6-12-21(24)28/h2-14H,15H2,1H3. The monoisotopic (exact) mass is 546 g/mol. The number of carbonyl (C=O) groups is 2. The van der Waals surface area contributed by atoms with Crippen LogP contribution < -0.4 is 4.90 Å². The van der Waals surface area contributed by atoms with E-state index >= 15 is 0 Å². The van der Waals surface area contributed by atoms with Gasteiger partial charge >= 0.3 is 0 Å². The summed E-state index contributed by atoms with van der Waals surface area (Å²) < 4.78 is 3.67. The molecule has 4 rings (SSSR count). The Hall–Kier alpha value is -2.83. The lowest BCUT2D eigenvalue weighted by Crippen LogP contribution is -2.43. The molecule has 0 N–H and O–H groups in total. The van der Waals surface area contributed by atoms with Gasteiger partial charge in [-0.1, -0.05) is 100 Å². The topological polar surface area (TPSA) is 63.4 Å². The lowest BCUT2D eigenvalue weighted by atomic mass is 10.1. The number of halogens is 4. The Labute approximate surface area is 222 Å². The van der Waals surface area contributed by atoms with Gasteiger partial charge in [0.05, 0.1) is 16.6 Å². The van der Waals surface area contributed by atoms with E-state index in [1.54, 1.807) is 78.9 Å². The second-order valence-electron chi connectivity index (χ2n) is 7.73. The Morgan fingerprint density at radius 1 is 0.914 bits per heavy atom. The van der Waals surface area contributed by atoms with Gasteiger partial charge in [-0.25, -0.2) is 0 Å². The van der Waals surface area contributed by atoms with Crippen molar-refractivity contribution >= 4 is 63.8 Å². The number of hydrogen-bond donors (Lipinski definition) is 0. The molecule has 0 aliphatic carbocycles. The molecule has 0 atom stereocenters. The third-order valence-corrected chi connectivity index (χ3v) is 6.49. The minimum absolute atomic E-state index is 0.250. The van der Waals surface area contributed by atoms with Crippen LogP contribution in [0, 0.1) is 0 Å². The summed E-state index contributed by atoms with van der Waals surface area (Å²) in [5, 5.41) is 4.98. The fourth-order valence-electron chi connectivity index (χ4n) is 3.55. The van der Waals surface area contributed by atoms with E-state index in [2.05, 4.69) is 5.16 Å². The van der Waals surface area contributed by atoms with Crippen molar-refractivity contribution in [3.05, 3.63) is 94.5 Å². The number of Topliss-reactive ketones (excluding diaryl/α,β-unsaturated/α-hetero) is 1. The van der Waals surface area contributed by atoms with E-state index in [0.29, 0.717) is 43.9 Å². The molecule has 0 unspecified atom stereocenters. The molecule has 0 aliphatic heterocycles. The first-order valence-electron chi connectivity index (χ1n) is 10.4. The number of amides is 1. The van der Waals surface area contributed by atoms with Crippen molar-refractivity contribution in [2.24, 2.45) is 0 Å². The van der Waals surface area contributed by atoms with E-state index in [-0.39, 0.29) is 12.5 Å². The third kappa shape index (κ3) is 5.54. The summed E-state index contributed by atoms with van der Waals surface area (Å²) in [6.45, 7) is 1.12. The molecule has 1 amide bonds. The first-order valence-corrected chi connectivity index (χ1v) is 12.0.